The second-order valence-corrected chi connectivity index (χ2v) is 6.25. The van der Waals surface area contributed by atoms with Crippen molar-refractivity contribution in [2.24, 2.45) is 11.8 Å². The maximum absolute atomic E-state index is 11.7. The zero-order valence-corrected chi connectivity index (χ0v) is 14.5. The molecule has 0 spiro atoms. The third-order valence-electron chi connectivity index (χ3n) is 3.88. The lowest BCUT2D eigenvalue weighted by atomic mass is 9.96. The van der Waals surface area contributed by atoms with Gasteiger partial charge in [0.1, 0.15) is 0 Å². The van der Waals surface area contributed by atoms with E-state index in [1.165, 1.54) is 0 Å². The Morgan fingerprint density at radius 2 is 1.15 bits per heavy atom. The second-order valence-electron chi connectivity index (χ2n) is 5.17. The number of hydrogen-bond acceptors (Lipinski definition) is 3. The van der Waals surface area contributed by atoms with Crippen LogP contribution in [0.5, 0.6) is 0 Å². The SMILES string of the molecule is C=C(CO[PH](=O)OCC(=C)C(CC)CC)C(CC)CC. The summed E-state index contributed by atoms with van der Waals surface area (Å²) in [6, 6.07) is 0. The van der Waals surface area contributed by atoms with Gasteiger partial charge in [0.2, 0.25) is 0 Å². The topological polar surface area (TPSA) is 35.5 Å². The maximum Gasteiger partial charge on any atom is 0.319 e. The molecule has 0 bridgehead atoms. The van der Waals surface area contributed by atoms with Gasteiger partial charge in [-0.05, 0) is 48.7 Å². The van der Waals surface area contributed by atoms with E-state index in [4.69, 9.17) is 9.05 Å². The molecule has 0 N–H and O–H groups in total. The molecule has 0 saturated carbocycles. The molecular weight excluding hydrogens is 271 g/mol. The van der Waals surface area contributed by atoms with Crippen LogP contribution in [-0.2, 0) is 13.6 Å². The molecule has 0 radical (unpaired) electrons. The van der Waals surface area contributed by atoms with E-state index in [0.29, 0.717) is 25.0 Å². The van der Waals surface area contributed by atoms with Gasteiger partial charge in [0.15, 0.2) is 0 Å². The van der Waals surface area contributed by atoms with Gasteiger partial charge >= 0.3 is 8.25 Å². The van der Waals surface area contributed by atoms with Gasteiger partial charge in [-0.1, -0.05) is 40.9 Å². The predicted octanol–water partition coefficient (Wildman–Crippen LogP) is 5.39. The lowest BCUT2D eigenvalue weighted by Gasteiger charge is -2.17. The summed E-state index contributed by atoms with van der Waals surface area (Å²) in [5.41, 5.74) is 1.99. The van der Waals surface area contributed by atoms with Gasteiger partial charge in [0, 0.05) is 0 Å². The van der Waals surface area contributed by atoms with Crippen molar-refractivity contribution < 1.29 is 13.6 Å². The van der Waals surface area contributed by atoms with Gasteiger partial charge in [-0.25, -0.2) is 0 Å². The fourth-order valence-corrected chi connectivity index (χ4v) is 3.00. The van der Waals surface area contributed by atoms with Crippen LogP contribution in [0, 0.1) is 11.8 Å². The standard InChI is InChI=1S/C16H31O3P/c1-7-15(8-2)13(5)11-18-20(17)19-12-14(6)16(9-3)10-4/h15-16,20H,5-12H2,1-4H3. The largest absolute Gasteiger partial charge is 0.319 e. The highest BCUT2D eigenvalue weighted by Crippen LogP contribution is 2.29. The molecule has 20 heavy (non-hydrogen) atoms. The van der Waals surface area contributed by atoms with Gasteiger partial charge < -0.3 is 9.05 Å². The minimum Gasteiger partial charge on any atom is -0.306 e. The van der Waals surface area contributed by atoms with Crippen molar-refractivity contribution in [1.29, 1.82) is 0 Å². The van der Waals surface area contributed by atoms with E-state index in [9.17, 15) is 4.57 Å². The zero-order chi connectivity index (χ0) is 15.5. The van der Waals surface area contributed by atoms with Gasteiger partial charge in [-0.3, -0.25) is 4.57 Å². The first-order chi connectivity index (χ1) is 9.49. The van der Waals surface area contributed by atoms with Gasteiger partial charge in [0.05, 0.1) is 13.2 Å². The molecule has 0 aliphatic carbocycles. The molecule has 0 unspecified atom stereocenters. The third kappa shape index (κ3) is 7.42. The highest BCUT2D eigenvalue weighted by molar-refractivity contribution is 7.33. The highest BCUT2D eigenvalue weighted by atomic mass is 31.1. The van der Waals surface area contributed by atoms with Crippen molar-refractivity contribution in [1.82, 2.24) is 0 Å². The Kier molecular flexibility index (Phi) is 11.1. The van der Waals surface area contributed by atoms with Crippen molar-refractivity contribution >= 4 is 8.25 Å². The monoisotopic (exact) mass is 302 g/mol. The molecule has 0 amide bonds. The first kappa shape index (κ1) is 19.6. The van der Waals surface area contributed by atoms with Crippen molar-refractivity contribution in [2.75, 3.05) is 13.2 Å². The summed E-state index contributed by atoms with van der Waals surface area (Å²) in [5, 5.41) is 0. The van der Waals surface area contributed by atoms with Crippen molar-refractivity contribution in [2.45, 2.75) is 53.4 Å². The van der Waals surface area contributed by atoms with Crippen LogP contribution in [0.4, 0.5) is 0 Å². The van der Waals surface area contributed by atoms with E-state index in [-0.39, 0.29) is 0 Å². The summed E-state index contributed by atoms with van der Waals surface area (Å²) in [7, 11) is -2.45. The lowest BCUT2D eigenvalue weighted by Crippen LogP contribution is -2.07. The molecular formula is C16H31O3P. The zero-order valence-electron chi connectivity index (χ0n) is 13.5. The quantitative estimate of drug-likeness (QED) is 0.358. The van der Waals surface area contributed by atoms with E-state index in [0.717, 1.165) is 36.8 Å². The summed E-state index contributed by atoms with van der Waals surface area (Å²) in [5.74, 6) is 0.869. The van der Waals surface area contributed by atoms with Crippen LogP contribution < -0.4 is 0 Å². The molecule has 0 aliphatic rings. The minimum atomic E-state index is -2.45. The van der Waals surface area contributed by atoms with Crippen LogP contribution in [0.2, 0.25) is 0 Å². The second kappa shape index (κ2) is 11.3. The Morgan fingerprint density at radius 3 is 1.40 bits per heavy atom. The highest BCUT2D eigenvalue weighted by Gasteiger charge is 2.12. The summed E-state index contributed by atoms with van der Waals surface area (Å²) in [4.78, 5) is 0. The average molecular weight is 302 g/mol. The van der Waals surface area contributed by atoms with E-state index < -0.39 is 8.25 Å². The Balaban J connectivity index is 4.01. The first-order valence-electron chi connectivity index (χ1n) is 7.64. The normalized spacial score (nSPS) is 11.6. The van der Waals surface area contributed by atoms with Gasteiger partial charge in [0.25, 0.3) is 0 Å². The lowest BCUT2D eigenvalue weighted by molar-refractivity contribution is 0.241. The molecule has 0 aromatic heterocycles. The maximum atomic E-state index is 11.7. The molecule has 118 valence electrons. The Hall–Kier alpha value is -0.370. The molecule has 0 saturated heterocycles. The fourth-order valence-electron chi connectivity index (χ4n) is 2.31. The Labute approximate surface area is 125 Å². The number of rotatable bonds is 12. The summed E-state index contributed by atoms with van der Waals surface area (Å²) < 4.78 is 22.2. The summed E-state index contributed by atoms with van der Waals surface area (Å²) in [6.07, 6.45) is 4.13. The summed E-state index contributed by atoms with van der Waals surface area (Å²) >= 11 is 0. The van der Waals surface area contributed by atoms with Crippen LogP contribution in [0.3, 0.4) is 0 Å². The molecule has 0 rings (SSSR count). The molecule has 0 aliphatic heterocycles. The van der Waals surface area contributed by atoms with E-state index in [1.807, 2.05) is 0 Å². The van der Waals surface area contributed by atoms with Crippen LogP contribution in [0.15, 0.2) is 24.3 Å². The first-order valence-corrected chi connectivity index (χ1v) is 8.87. The summed E-state index contributed by atoms with van der Waals surface area (Å²) in [6.45, 7) is 17.1. The smallest absolute Gasteiger partial charge is 0.306 e. The molecule has 0 aromatic rings. The fraction of sp³-hybridized carbons (Fsp3) is 0.750. The molecule has 4 heteroatoms. The molecule has 0 atom stereocenters. The Morgan fingerprint density at radius 1 is 0.850 bits per heavy atom. The van der Waals surface area contributed by atoms with Crippen molar-refractivity contribution in [3.8, 4) is 0 Å². The van der Waals surface area contributed by atoms with E-state index >= 15 is 0 Å². The molecule has 3 nitrogen and oxygen atoms in total. The van der Waals surface area contributed by atoms with Crippen LogP contribution >= 0.6 is 8.25 Å². The predicted molar refractivity (Wildman–Crippen MR) is 87.3 cm³/mol. The van der Waals surface area contributed by atoms with Gasteiger partial charge in [-0.15, -0.1) is 0 Å². The van der Waals surface area contributed by atoms with E-state index in [1.54, 1.807) is 0 Å². The van der Waals surface area contributed by atoms with E-state index in [2.05, 4.69) is 40.9 Å². The Bertz CT molecular complexity index is 288. The molecule has 0 fully saturated rings. The minimum absolute atomic E-state index is 0.321. The van der Waals surface area contributed by atoms with Crippen LogP contribution in [0.25, 0.3) is 0 Å². The van der Waals surface area contributed by atoms with Crippen LogP contribution in [0.1, 0.15) is 53.4 Å². The molecule has 0 heterocycles. The van der Waals surface area contributed by atoms with Crippen molar-refractivity contribution in [3.63, 3.8) is 0 Å². The number of hydrogen-bond donors (Lipinski definition) is 0. The van der Waals surface area contributed by atoms with Crippen molar-refractivity contribution in [3.05, 3.63) is 24.3 Å². The average Bonchev–Trinajstić information content (AvgIpc) is 2.45. The van der Waals surface area contributed by atoms with Crippen LogP contribution in [-0.4, -0.2) is 13.2 Å². The molecule has 0 aromatic carbocycles. The van der Waals surface area contributed by atoms with Gasteiger partial charge in [-0.2, -0.15) is 0 Å². The third-order valence-corrected chi connectivity index (χ3v) is 4.64.